The van der Waals surface area contributed by atoms with E-state index in [-0.39, 0.29) is 17.5 Å². The van der Waals surface area contributed by atoms with Gasteiger partial charge in [0.1, 0.15) is 9.84 Å². The molecule has 1 rings (SSSR count). The summed E-state index contributed by atoms with van der Waals surface area (Å²) in [6.45, 7) is 4.17. The van der Waals surface area contributed by atoms with Gasteiger partial charge in [0.25, 0.3) is 0 Å². The zero-order valence-electron chi connectivity index (χ0n) is 11.9. The largest absolute Gasteiger partial charge is 0.327 e. The molecule has 1 fully saturated rings. The molecule has 7 heteroatoms. The van der Waals surface area contributed by atoms with Crippen LogP contribution >= 0.6 is 0 Å². The minimum Gasteiger partial charge on any atom is -0.327 e. The third-order valence-corrected chi connectivity index (χ3v) is 7.47. The molecule has 1 saturated carbocycles. The van der Waals surface area contributed by atoms with Crippen LogP contribution in [0.1, 0.15) is 33.1 Å². The normalized spacial score (nSPS) is 29.6. The molecule has 2 N–H and O–H groups in total. The lowest BCUT2D eigenvalue weighted by molar-refractivity contribution is 0.261. The first kappa shape index (κ1) is 16.9. The molecule has 0 heterocycles. The number of rotatable bonds is 5. The van der Waals surface area contributed by atoms with E-state index in [1.54, 1.807) is 0 Å². The van der Waals surface area contributed by atoms with E-state index in [2.05, 4.69) is 13.8 Å². The van der Waals surface area contributed by atoms with Crippen molar-refractivity contribution >= 4 is 19.7 Å². The van der Waals surface area contributed by atoms with E-state index in [1.807, 2.05) is 0 Å². The Morgan fingerprint density at radius 2 is 1.68 bits per heavy atom. The minimum absolute atomic E-state index is 0.311. The Morgan fingerprint density at radius 1 is 1.11 bits per heavy atom. The predicted molar refractivity (Wildman–Crippen MR) is 77.4 cm³/mol. The average Bonchev–Trinajstić information content (AvgIpc) is 2.25. The van der Waals surface area contributed by atoms with Crippen molar-refractivity contribution in [3.63, 3.8) is 0 Å². The molecular formula is C12H25NO4S2. The van der Waals surface area contributed by atoms with Crippen LogP contribution in [0.5, 0.6) is 0 Å². The highest BCUT2D eigenvalue weighted by Gasteiger charge is 2.38. The molecule has 1 aliphatic carbocycles. The summed E-state index contributed by atoms with van der Waals surface area (Å²) >= 11 is 0. The van der Waals surface area contributed by atoms with Crippen molar-refractivity contribution in [1.82, 2.24) is 0 Å². The van der Waals surface area contributed by atoms with Gasteiger partial charge in [0.2, 0.25) is 0 Å². The van der Waals surface area contributed by atoms with Crippen LogP contribution < -0.4 is 5.73 Å². The molecular weight excluding hydrogens is 286 g/mol. The lowest BCUT2D eigenvalue weighted by Gasteiger charge is -2.35. The molecule has 0 spiro atoms. The van der Waals surface area contributed by atoms with E-state index in [0.29, 0.717) is 24.7 Å². The highest BCUT2D eigenvalue weighted by atomic mass is 32.2. The standard InChI is InChI=1S/C12H25NO4S2/c1-9(2)10-4-5-11(13)12(8-10)19(16,17)7-6-18(3,14)15/h9-12H,4-8,13H2,1-3H3. The summed E-state index contributed by atoms with van der Waals surface area (Å²) in [7, 11) is -6.70. The maximum atomic E-state index is 12.3. The van der Waals surface area contributed by atoms with Gasteiger partial charge in [0.05, 0.1) is 16.8 Å². The molecule has 0 saturated heterocycles. The van der Waals surface area contributed by atoms with E-state index in [9.17, 15) is 16.8 Å². The molecule has 0 aromatic rings. The zero-order chi connectivity index (χ0) is 14.8. The van der Waals surface area contributed by atoms with Crippen LogP contribution in [0.4, 0.5) is 0 Å². The van der Waals surface area contributed by atoms with E-state index >= 15 is 0 Å². The molecule has 114 valence electrons. The number of hydrogen-bond acceptors (Lipinski definition) is 5. The van der Waals surface area contributed by atoms with Crippen LogP contribution in [0.3, 0.4) is 0 Å². The molecule has 0 radical (unpaired) electrons. The van der Waals surface area contributed by atoms with Crippen LogP contribution in [0.2, 0.25) is 0 Å². The van der Waals surface area contributed by atoms with Crippen molar-refractivity contribution in [2.75, 3.05) is 17.8 Å². The van der Waals surface area contributed by atoms with Crippen molar-refractivity contribution in [3.05, 3.63) is 0 Å². The first-order chi connectivity index (χ1) is 8.53. The second kappa shape index (κ2) is 6.10. The predicted octanol–water partition coefficient (Wildman–Crippen LogP) is 0.598. The van der Waals surface area contributed by atoms with Gasteiger partial charge in [-0.2, -0.15) is 0 Å². The van der Waals surface area contributed by atoms with Crippen molar-refractivity contribution < 1.29 is 16.8 Å². The second-order valence-corrected chi connectivity index (χ2v) is 10.6. The highest BCUT2D eigenvalue weighted by molar-refractivity contribution is 7.95. The van der Waals surface area contributed by atoms with Gasteiger partial charge in [-0.05, 0) is 31.1 Å². The SMILES string of the molecule is CC(C)C1CCC(N)C(S(=O)(=O)CCS(C)(=O)=O)C1. The van der Waals surface area contributed by atoms with Gasteiger partial charge in [-0.1, -0.05) is 13.8 Å². The van der Waals surface area contributed by atoms with Gasteiger partial charge in [-0.15, -0.1) is 0 Å². The zero-order valence-corrected chi connectivity index (χ0v) is 13.5. The van der Waals surface area contributed by atoms with Crippen LogP contribution in [0, 0.1) is 11.8 Å². The maximum absolute atomic E-state index is 12.3. The summed E-state index contributed by atoms with van der Waals surface area (Å²) < 4.78 is 46.8. The quantitative estimate of drug-likeness (QED) is 0.802. The maximum Gasteiger partial charge on any atom is 0.155 e. The summed E-state index contributed by atoms with van der Waals surface area (Å²) in [5, 5.41) is -0.588. The van der Waals surface area contributed by atoms with Crippen LogP contribution in [0.25, 0.3) is 0 Å². The van der Waals surface area contributed by atoms with Gasteiger partial charge in [0, 0.05) is 12.3 Å². The molecule has 3 unspecified atom stereocenters. The Bertz CT molecular complexity index is 496. The Labute approximate surface area is 116 Å². The molecule has 0 amide bonds. The van der Waals surface area contributed by atoms with Crippen molar-refractivity contribution in [3.8, 4) is 0 Å². The first-order valence-electron chi connectivity index (χ1n) is 6.68. The Hall–Kier alpha value is -0.140. The molecule has 19 heavy (non-hydrogen) atoms. The van der Waals surface area contributed by atoms with E-state index in [0.717, 1.165) is 12.7 Å². The summed E-state index contributed by atoms with van der Waals surface area (Å²) in [5.41, 5.74) is 5.94. The summed E-state index contributed by atoms with van der Waals surface area (Å²) in [4.78, 5) is 0. The fraction of sp³-hybridized carbons (Fsp3) is 1.00. The van der Waals surface area contributed by atoms with Crippen LogP contribution in [-0.4, -0.2) is 45.9 Å². The van der Waals surface area contributed by atoms with E-state index in [1.165, 1.54) is 0 Å². The molecule has 1 aliphatic rings. The fourth-order valence-electron chi connectivity index (χ4n) is 2.62. The Balaban J connectivity index is 2.80. The smallest absolute Gasteiger partial charge is 0.155 e. The molecule has 5 nitrogen and oxygen atoms in total. The van der Waals surface area contributed by atoms with Crippen molar-refractivity contribution in [2.24, 2.45) is 17.6 Å². The Morgan fingerprint density at radius 3 is 2.16 bits per heavy atom. The highest BCUT2D eigenvalue weighted by Crippen LogP contribution is 2.33. The topological polar surface area (TPSA) is 94.3 Å². The van der Waals surface area contributed by atoms with E-state index < -0.39 is 24.9 Å². The first-order valence-corrected chi connectivity index (χ1v) is 10.5. The van der Waals surface area contributed by atoms with Crippen molar-refractivity contribution in [2.45, 2.75) is 44.4 Å². The summed E-state index contributed by atoms with van der Waals surface area (Å²) in [6.07, 6.45) is 3.27. The molecule has 0 bridgehead atoms. The monoisotopic (exact) mass is 311 g/mol. The van der Waals surface area contributed by atoms with Gasteiger partial charge in [-0.3, -0.25) is 0 Å². The number of sulfone groups is 2. The molecule has 0 aromatic heterocycles. The van der Waals surface area contributed by atoms with Gasteiger partial charge in [0.15, 0.2) is 9.84 Å². The lowest BCUT2D eigenvalue weighted by atomic mass is 9.79. The Kier molecular flexibility index (Phi) is 5.43. The third kappa shape index (κ3) is 5.04. The lowest BCUT2D eigenvalue weighted by Crippen LogP contribution is -2.47. The van der Waals surface area contributed by atoms with E-state index in [4.69, 9.17) is 5.73 Å². The van der Waals surface area contributed by atoms with Gasteiger partial charge < -0.3 is 5.73 Å². The average molecular weight is 311 g/mol. The summed E-state index contributed by atoms with van der Waals surface area (Å²) in [6, 6.07) is -0.362. The van der Waals surface area contributed by atoms with Crippen LogP contribution in [-0.2, 0) is 19.7 Å². The van der Waals surface area contributed by atoms with Crippen LogP contribution in [0.15, 0.2) is 0 Å². The number of nitrogens with two attached hydrogens (primary N) is 1. The second-order valence-electron chi connectivity index (χ2n) is 6.02. The van der Waals surface area contributed by atoms with Gasteiger partial charge >= 0.3 is 0 Å². The molecule has 0 aromatic carbocycles. The fourth-order valence-corrected chi connectivity index (χ4v) is 6.27. The molecule has 3 atom stereocenters. The molecule has 0 aliphatic heterocycles. The van der Waals surface area contributed by atoms with Gasteiger partial charge in [-0.25, -0.2) is 16.8 Å². The number of hydrogen-bond donors (Lipinski definition) is 1. The van der Waals surface area contributed by atoms with Crippen molar-refractivity contribution in [1.29, 1.82) is 0 Å². The minimum atomic E-state index is -3.44. The summed E-state index contributed by atoms with van der Waals surface area (Å²) in [5.74, 6) is 0.165. The third-order valence-electron chi connectivity index (χ3n) is 4.03.